The molecule has 1 fully saturated rings. The van der Waals surface area contributed by atoms with Gasteiger partial charge in [0.25, 0.3) is 5.56 Å². The van der Waals surface area contributed by atoms with E-state index >= 15 is 0 Å². The maximum atomic E-state index is 12.3. The number of carbonyl (C=O) groups is 1. The first-order valence-electron chi connectivity index (χ1n) is 8.22. The molecule has 5 heteroatoms. The van der Waals surface area contributed by atoms with Gasteiger partial charge in [-0.2, -0.15) is 0 Å². The van der Waals surface area contributed by atoms with E-state index in [1.54, 1.807) is 19.9 Å². The number of benzene rings is 1. The predicted octanol–water partition coefficient (Wildman–Crippen LogP) is 2.68. The van der Waals surface area contributed by atoms with E-state index in [1.165, 1.54) is 5.69 Å². The molecule has 1 aromatic heterocycles. The van der Waals surface area contributed by atoms with E-state index in [-0.39, 0.29) is 11.1 Å². The van der Waals surface area contributed by atoms with Crippen LogP contribution in [0.1, 0.15) is 28.0 Å². The molecule has 2 aromatic rings. The van der Waals surface area contributed by atoms with Crippen molar-refractivity contribution in [1.82, 2.24) is 4.98 Å². The molecule has 1 aliphatic rings. The van der Waals surface area contributed by atoms with Crippen molar-refractivity contribution in [2.45, 2.75) is 20.3 Å². The number of nitrogens with one attached hydrogen (secondary N) is 1. The van der Waals surface area contributed by atoms with Crippen molar-refractivity contribution in [3.8, 4) is 0 Å². The molecule has 5 nitrogen and oxygen atoms in total. The molecule has 1 atom stereocenters. The van der Waals surface area contributed by atoms with E-state index in [1.807, 2.05) is 18.2 Å². The number of para-hydroxylation sites is 1. The average Bonchev–Trinajstić information content (AvgIpc) is 3.02. The van der Waals surface area contributed by atoms with Crippen LogP contribution >= 0.6 is 0 Å². The number of aryl methyl sites for hydroxylation is 2. The summed E-state index contributed by atoms with van der Waals surface area (Å²) in [6.45, 7) is 5.71. The Labute approximate surface area is 141 Å². The van der Waals surface area contributed by atoms with Crippen molar-refractivity contribution in [2.75, 3.05) is 24.6 Å². The number of ether oxygens (including phenoxy) is 1. The van der Waals surface area contributed by atoms with Gasteiger partial charge in [0.2, 0.25) is 0 Å². The molecule has 0 spiro atoms. The fourth-order valence-electron chi connectivity index (χ4n) is 3.22. The van der Waals surface area contributed by atoms with Crippen molar-refractivity contribution in [3.63, 3.8) is 0 Å². The van der Waals surface area contributed by atoms with Crippen LogP contribution in [0.3, 0.4) is 0 Å². The van der Waals surface area contributed by atoms with Gasteiger partial charge in [0, 0.05) is 30.4 Å². The third-order valence-electron chi connectivity index (χ3n) is 4.43. The molecule has 0 saturated carbocycles. The summed E-state index contributed by atoms with van der Waals surface area (Å²) in [6.07, 6.45) is 0.978. The first kappa shape index (κ1) is 16.3. The van der Waals surface area contributed by atoms with Gasteiger partial charge in [-0.05, 0) is 44.0 Å². The highest BCUT2D eigenvalue weighted by Crippen LogP contribution is 2.23. The highest BCUT2D eigenvalue weighted by atomic mass is 16.5. The van der Waals surface area contributed by atoms with Crippen LogP contribution in [0.25, 0.3) is 0 Å². The summed E-state index contributed by atoms with van der Waals surface area (Å²) >= 11 is 0. The molecule has 1 saturated heterocycles. The molecule has 1 N–H and O–H groups in total. The number of H-pyrrole nitrogens is 1. The standard InChI is InChI=1S/C19H22N2O3/c1-13-10-14(2)20-18(22)17(13)19(23)24-12-15-8-9-21(11-15)16-6-4-3-5-7-16/h3-7,10,15H,8-9,11-12H2,1-2H3,(H,20,22). The molecule has 0 amide bonds. The minimum atomic E-state index is -0.535. The second kappa shape index (κ2) is 6.91. The Morgan fingerprint density at radius 1 is 1.29 bits per heavy atom. The number of hydrogen-bond acceptors (Lipinski definition) is 4. The number of hydrogen-bond donors (Lipinski definition) is 1. The van der Waals surface area contributed by atoms with Crippen LogP contribution in [-0.4, -0.2) is 30.6 Å². The second-order valence-electron chi connectivity index (χ2n) is 6.37. The quantitative estimate of drug-likeness (QED) is 0.878. The average molecular weight is 326 g/mol. The van der Waals surface area contributed by atoms with Crippen LogP contribution in [0.2, 0.25) is 0 Å². The summed E-state index contributed by atoms with van der Waals surface area (Å²) in [5.41, 5.74) is 2.31. The molecule has 126 valence electrons. The Kier molecular flexibility index (Phi) is 4.69. The lowest BCUT2D eigenvalue weighted by atomic mass is 10.1. The number of nitrogens with zero attached hydrogens (tertiary/aromatic N) is 1. The SMILES string of the molecule is Cc1cc(C)c(C(=O)OCC2CCN(c3ccccc3)C2)c(=O)[nH]1. The molecule has 2 heterocycles. The molecule has 0 bridgehead atoms. The Bertz CT molecular complexity index is 783. The largest absolute Gasteiger partial charge is 0.462 e. The third-order valence-corrected chi connectivity index (χ3v) is 4.43. The Morgan fingerprint density at radius 2 is 2.04 bits per heavy atom. The highest BCUT2D eigenvalue weighted by Gasteiger charge is 2.25. The number of esters is 1. The minimum Gasteiger partial charge on any atom is -0.462 e. The molecule has 3 rings (SSSR count). The van der Waals surface area contributed by atoms with Gasteiger partial charge in [-0.1, -0.05) is 18.2 Å². The maximum absolute atomic E-state index is 12.3. The second-order valence-corrected chi connectivity index (χ2v) is 6.37. The van der Waals surface area contributed by atoms with Crippen molar-refractivity contribution in [1.29, 1.82) is 0 Å². The van der Waals surface area contributed by atoms with Crippen LogP contribution in [0.5, 0.6) is 0 Å². The number of pyridine rings is 1. The maximum Gasteiger partial charge on any atom is 0.344 e. The molecule has 1 aromatic carbocycles. The molecule has 0 aliphatic carbocycles. The topological polar surface area (TPSA) is 62.4 Å². The van der Waals surface area contributed by atoms with Gasteiger partial charge >= 0.3 is 5.97 Å². The van der Waals surface area contributed by atoms with E-state index in [0.29, 0.717) is 18.1 Å². The van der Waals surface area contributed by atoms with Crippen molar-refractivity contribution < 1.29 is 9.53 Å². The summed E-state index contributed by atoms with van der Waals surface area (Å²) in [5, 5.41) is 0. The zero-order valence-corrected chi connectivity index (χ0v) is 14.0. The van der Waals surface area contributed by atoms with Crippen molar-refractivity contribution in [3.05, 3.63) is 63.6 Å². The van der Waals surface area contributed by atoms with Crippen LogP contribution in [0, 0.1) is 19.8 Å². The smallest absolute Gasteiger partial charge is 0.344 e. The van der Waals surface area contributed by atoms with E-state index in [9.17, 15) is 9.59 Å². The highest BCUT2D eigenvalue weighted by molar-refractivity contribution is 5.90. The van der Waals surface area contributed by atoms with Gasteiger partial charge in [0.15, 0.2) is 0 Å². The summed E-state index contributed by atoms with van der Waals surface area (Å²) in [4.78, 5) is 29.2. The number of rotatable bonds is 4. The van der Waals surface area contributed by atoms with Crippen LogP contribution in [0.4, 0.5) is 5.69 Å². The zero-order chi connectivity index (χ0) is 17.1. The van der Waals surface area contributed by atoms with Crippen molar-refractivity contribution >= 4 is 11.7 Å². The lowest BCUT2D eigenvalue weighted by Crippen LogP contribution is -2.25. The molecule has 24 heavy (non-hydrogen) atoms. The summed E-state index contributed by atoms with van der Waals surface area (Å²) in [7, 11) is 0. The molecule has 1 aliphatic heterocycles. The number of anilines is 1. The number of aromatic amines is 1. The van der Waals surface area contributed by atoms with E-state index in [4.69, 9.17) is 4.74 Å². The fourth-order valence-corrected chi connectivity index (χ4v) is 3.22. The van der Waals surface area contributed by atoms with Gasteiger partial charge in [-0.3, -0.25) is 4.79 Å². The number of aromatic nitrogens is 1. The van der Waals surface area contributed by atoms with Crippen LogP contribution < -0.4 is 10.5 Å². The summed E-state index contributed by atoms with van der Waals surface area (Å²) in [5.74, 6) is -0.245. The van der Waals surface area contributed by atoms with E-state index < -0.39 is 5.97 Å². The lowest BCUT2D eigenvalue weighted by Gasteiger charge is -2.18. The van der Waals surface area contributed by atoms with Crippen LogP contribution in [-0.2, 0) is 4.74 Å². The fraction of sp³-hybridized carbons (Fsp3) is 0.368. The van der Waals surface area contributed by atoms with Crippen LogP contribution in [0.15, 0.2) is 41.2 Å². The van der Waals surface area contributed by atoms with Gasteiger partial charge in [0.05, 0.1) is 6.61 Å². The van der Waals surface area contributed by atoms with Gasteiger partial charge < -0.3 is 14.6 Å². The predicted molar refractivity (Wildman–Crippen MR) is 93.6 cm³/mol. The first-order valence-corrected chi connectivity index (χ1v) is 8.22. The van der Waals surface area contributed by atoms with Gasteiger partial charge in [0.1, 0.15) is 5.56 Å². The molecule has 0 radical (unpaired) electrons. The minimum absolute atomic E-state index is 0.110. The monoisotopic (exact) mass is 326 g/mol. The number of carbonyl (C=O) groups excluding carboxylic acids is 1. The van der Waals surface area contributed by atoms with Gasteiger partial charge in [-0.25, -0.2) is 4.79 Å². The Hall–Kier alpha value is -2.56. The van der Waals surface area contributed by atoms with Gasteiger partial charge in [-0.15, -0.1) is 0 Å². The Morgan fingerprint density at radius 3 is 2.75 bits per heavy atom. The summed E-state index contributed by atoms with van der Waals surface area (Å²) in [6, 6.07) is 12.0. The zero-order valence-electron chi connectivity index (χ0n) is 14.0. The normalized spacial score (nSPS) is 17.1. The van der Waals surface area contributed by atoms with Crippen molar-refractivity contribution in [2.24, 2.45) is 5.92 Å². The molecule has 1 unspecified atom stereocenters. The molecular weight excluding hydrogens is 304 g/mol. The molecular formula is C19H22N2O3. The summed E-state index contributed by atoms with van der Waals surface area (Å²) < 4.78 is 5.41. The van der Waals surface area contributed by atoms with E-state index in [2.05, 4.69) is 22.0 Å². The lowest BCUT2D eigenvalue weighted by molar-refractivity contribution is 0.0448. The Balaban J connectivity index is 1.59. The third kappa shape index (κ3) is 3.50. The first-order chi connectivity index (χ1) is 11.5. The van der Waals surface area contributed by atoms with E-state index in [0.717, 1.165) is 25.2 Å².